The molecule has 97 valence electrons. The molecule has 0 saturated heterocycles. The summed E-state index contributed by atoms with van der Waals surface area (Å²) < 4.78 is 0. The van der Waals surface area contributed by atoms with Crippen molar-refractivity contribution in [3.63, 3.8) is 0 Å². The van der Waals surface area contributed by atoms with Crippen molar-refractivity contribution in [1.82, 2.24) is 4.90 Å². The molecule has 0 atom stereocenters. The largest absolute Gasteiger partial charge is 0.481 e. The fraction of sp³-hybridized carbons (Fsp3) is 0.833. The van der Waals surface area contributed by atoms with Gasteiger partial charge < -0.3 is 10.2 Å². The van der Waals surface area contributed by atoms with Crippen LogP contribution in [0.1, 0.15) is 44.9 Å². The van der Waals surface area contributed by atoms with E-state index >= 15 is 0 Å². The number of hydrogen-bond acceptors (Lipinski definition) is 3. The molecule has 0 amide bonds. The van der Waals surface area contributed by atoms with E-state index in [-0.39, 0.29) is 12.8 Å². The lowest BCUT2D eigenvalue weighted by Crippen LogP contribution is -2.44. The fourth-order valence-corrected chi connectivity index (χ4v) is 2.40. The normalized spacial score (nSPS) is 17.2. The van der Waals surface area contributed by atoms with Crippen molar-refractivity contribution < 1.29 is 19.8 Å². The van der Waals surface area contributed by atoms with Crippen LogP contribution in [0.15, 0.2) is 0 Å². The van der Waals surface area contributed by atoms with Crippen molar-refractivity contribution in [3.05, 3.63) is 0 Å². The fourth-order valence-electron chi connectivity index (χ4n) is 2.40. The van der Waals surface area contributed by atoms with Gasteiger partial charge in [-0.15, -0.1) is 0 Å². The summed E-state index contributed by atoms with van der Waals surface area (Å²) in [4.78, 5) is 23.2. The summed E-state index contributed by atoms with van der Waals surface area (Å²) in [5.41, 5.74) is 0. The Morgan fingerprint density at radius 3 is 1.82 bits per heavy atom. The van der Waals surface area contributed by atoms with Gasteiger partial charge >= 0.3 is 11.9 Å². The maximum absolute atomic E-state index is 10.6. The van der Waals surface area contributed by atoms with Gasteiger partial charge in [-0.3, -0.25) is 9.59 Å². The van der Waals surface area contributed by atoms with Gasteiger partial charge in [0.1, 0.15) is 19.1 Å². The molecule has 5 heteroatoms. The molecule has 0 bridgehead atoms. The standard InChI is InChI=1S/C12H21NO4/c14-11(15)6-8-13(9-7-12(16)17)10-4-2-1-3-5-10/h10H,1-9H2,(H,14,15)(H,16,17)/q+1. The Labute approximate surface area is 101 Å². The monoisotopic (exact) mass is 243 g/mol. The van der Waals surface area contributed by atoms with E-state index in [0.29, 0.717) is 19.1 Å². The Kier molecular flexibility index (Phi) is 5.97. The van der Waals surface area contributed by atoms with Crippen molar-refractivity contribution in [2.45, 2.75) is 51.0 Å². The smallest absolute Gasteiger partial charge is 0.309 e. The summed E-state index contributed by atoms with van der Waals surface area (Å²) in [6, 6.07) is 0.377. The van der Waals surface area contributed by atoms with Crippen LogP contribution in [0.4, 0.5) is 0 Å². The van der Waals surface area contributed by atoms with E-state index in [1.807, 2.05) is 4.90 Å². The van der Waals surface area contributed by atoms with Crippen LogP contribution in [0.2, 0.25) is 0 Å². The summed E-state index contributed by atoms with van der Waals surface area (Å²) in [7, 11) is 0. The summed E-state index contributed by atoms with van der Waals surface area (Å²) in [5, 5.41) is 17.4. The quantitative estimate of drug-likeness (QED) is 0.662. The van der Waals surface area contributed by atoms with E-state index < -0.39 is 11.9 Å². The summed E-state index contributed by atoms with van der Waals surface area (Å²) in [5.74, 6) is -1.64. The third kappa shape index (κ3) is 5.68. The van der Waals surface area contributed by atoms with Gasteiger partial charge in [0.15, 0.2) is 0 Å². The molecule has 0 spiro atoms. The second kappa shape index (κ2) is 7.27. The molecule has 0 aromatic carbocycles. The van der Waals surface area contributed by atoms with Crippen molar-refractivity contribution in [1.29, 1.82) is 0 Å². The molecule has 0 aromatic heterocycles. The van der Waals surface area contributed by atoms with Crippen molar-refractivity contribution >= 4 is 11.9 Å². The van der Waals surface area contributed by atoms with Gasteiger partial charge in [-0.2, -0.15) is 4.90 Å². The van der Waals surface area contributed by atoms with E-state index in [0.717, 1.165) is 12.8 Å². The van der Waals surface area contributed by atoms with Crippen molar-refractivity contribution in [2.24, 2.45) is 0 Å². The maximum atomic E-state index is 10.6. The van der Waals surface area contributed by atoms with Crippen LogP contribution in [0, 0.1) is 0 Å². The molecule has 1 aliphatic rings. The molecule has 1 radical (unpaired) electrons. The van der Waals surface area contributed by atoms with Gasteiger partial charge in [-0.1, -0.05) is 6.42 Å². The number of nitrogens with zero attached hydrogens (tertiary/aromatic N) is 1. The van der Waals surface area contributed by atoms with Crippen LogP contribution in [0.3, 0.4) is 0 Å². The molecule has 0 aliphatic heterocycles. The molecular formula is C12H21NO4+. The van der Waals surface area contributed by atoms with E-state index in [9.17, 15) is 9.59 Å². The molecular weight excluding hydrogens is 222 g/mol. The van der Waals surface area contributed by atoms with E-state index in [4.69, 9.17) is 10.2 Å². The first kappa shape index (κ1) is 14.0. The maximum Gasteiger partial charge on any atom is 0.309 e. The van der Waals surface area contributed by atoms with Gasteiger partial charge in [0.05, 0.1) is 12.8 Å². The van der Waals surface area contributed by atoms with Crippen LogP contribution in [-0.2, 0) is 9.59 Å². The predicted molar refractivity (Wildman–Crippen MR) is 63.2 cm³/mol. The highest BCUT2D eigenvalue weighted by Crippen LogP contribution is 2.21. The minimum absolute atomic E-state index is 0.0934. The van der Waals surface area contributed by atoms with Gasteiger partial charge in [0, 0.05) is 12.8 Å². The van der Waals surface area contributed by atoms with Crippen LogP contribution < -0.4 is 4.90 Å². The number of rotatable bonds is 7. The molecule has 0 heterocycles. The van der Waals surface area contributed by atoms with E-state index in [1.54, 1.807) is 0 Å². The summed E-state index contributed by atoms with van der Waals surface area (Å²) in [6.07, 6.45) is 5.90. The van der Waals surface area contributed by atoms with Crippen LogP contribution >= 0.6 is 0 Å². The molecule has 17 heavy (non-hydrogen) atoms. The lowest BCUT2D eigenvalue weighted by molar-refractivity contribution is -0.137. The van der Waals surface area contributed by atoms with Crippen LogP contribution in [-0.4, -0.2) is 41.3 Å². The lowest BCUT2D eigenvalue weighted by Gasteiger charge is -2.25. The van der Waals surface area contributed by atoms with E-state index in [1.165, 1.54) is 19.3 Å². The highest BCUT2D eigenvalue weighted by molar-refractivity contribution is 5.67. The van der Waals surface area contributed by atoms with Gasteiger partial charge in [0.2, 0.25) is 0 Å². The molecule has 5 nitrogen and oxygen atoms in total. The Hall–Kier alpha value is -1.10. The molecule has 0 unspecified atom stereocenters. The zero-order valence-electron chi connectivity index (χ0n) is 10.1. The zero-order chi connectivity index (χ0) is 12.7. The molecule has 1 aliphatic carbocycles. The van der Waals surface area contributed by atoms with Crippen molar-refractivity contribution in [3.8, 4) is 0 Å². The second-order valence-corrected chi connectivity index (χ2v) is 4.62. The zero-order valence-corrected chi connectivity index (χ0v) is 10.1. The van der Waals surface area contributed by atoms with Crippen molar-refractivity contribution in [2.75, 3.05) is 13.1 Å². The van der Waals surface area contributed by atoms with Gasteiger partial charge in [-0.05, 0) is 12.8 Å². The number of hydrogen-bond donors (Lipinski definition) is 2. The molecule has 1 rings (SSSR count). The molecule has 2 N–H and O–H groups in total. The highest BCUT2D eigenvalue weighted by Gasteiger charge is 2.30. The Morgan fingerprint density at radius 1 is 0.941 bits per heavy atom. The minimum atomic E-state index is -0.818. The second-order valence-electron chi connectivity index (χ2n) is 4.62. The van der Waals surface area contributed by atoms with E-state index in [2.05, 4.69) is 0 Å². The first-order chi connectivity index (χ1) is 8.09. The topological polar surface area (TPSA) is 80.5 Å². The predicted octanol–water partition coefficient (Wildman–Crippen LogP) is 1.41. The summed E-state index contributed by atoms with van der Waals surface area (Å²) >= 11 is 0. The first-order valence-electron chi connectivity index (χ1n) is 6.27. The Bertz CT molecular complexity index is 243. The number of carboxylic acids is 2. The first-order valence-corrected chi connectivity index (χ1v) is 6.27. The third-order valence-electron chi connectivity index (χ3n) is 3.32. The number of carboxylic acid groups (broad SMARTS) is 2. The average Bonchev–Trinajstić information content (AvgIpc) is 2.29. The van der Waals surface area contributed by atoms with Crippen LogP contribution in [0.5, 0.6) is 0 Å². The summed E-state index contributed by atoms with van der Waals surface area (Å²) in [6.45, 7) is 0.931. The molecule has 1 fully saturated rings. The lowest BCUT2D eigenvalue weighted by atomic mass is 9.94. The minimum Gasteiger partial charge on any atom is -0.481 e. The number of carbonyl (C=O) groups is 2. The Balaban J connectivity index is 2.43. The van der Waals surface area contributed by atoms with Crippen LogP contribution in [0.25, 0.3) is 0 Å². The Morgan fingerprint density at radius 2 is 1.41 bits per heavy atom. The third-order valence-corrected chi connectivity index (χ3v) is 3.32. The van der Waals surface area contributed by atoms with Gasteiger partial charge in [-0.25, -0.2) is 0 Å². The SMILES string of the molecule is O=C(O)CC[N+](CCC(=O)O)C1CCCCC1. The average molecular weight is 243 g/mol. The molecule has 1 saturated carbocycles. The molecule has 0 aromatic rings. The highest BCUT2D eigenvalue weighted by atomic mass is 16.4. The van der Waals surface area contributed by atoms with Gasteiger partial charge in [0.25, 0.3) is 0 Å². The number of aliphatic carboxylic acids is 2.